The Kier molecular flexibility index (Phi) is 1.81. The number of aryl methyl sites for hydroxylation is 1. The first kappa shape index (κ1) is 7.91. The van der Waals surface area contributed by atoms with E-state index >= 15 is 0 Å². The normalized spacial score (nSPS) is 10.3. The van der Waals surface area contributed by atoms with Gasteiger partial charge in [0.15, 0.2) is 0 Å². The van der Waals surface area contributed by atoms with Crippen LogP contribution in [0.25, 0.3) is 11.0 Å². The van der Waals surface area contributed by atoms with Crippen molar-refractivity contribution < 1.29 is 0 Å². The topological polar surface area (TPSA) is 50.7 Å². The quantitative estimate of drug-likeness (QED) is 0.709. The molecule has 0 atom stereocenters. The molecule has 1 N–H and O–H groups in total. The minimum Gasteiger partial charge on any atom is -0.356 e. The molecular formula is C9H10N4. The van der Waals surface area contributed by atoms with Gasteiger partial charge in [-0.1, -0.05) is 6.07 Å². The van der Waals surface area contributed by atoms with Crippen molar-refractivity contribution in [3.8, 4) is 0 Å². The number of aromatic nitrogens is 3. The van der Waals surface area contributed by atoms with E-state index in [0.29, 0.717) is 5.95 Å². The Morgan fingerprint density at radius 1 is 1.15 bits per heavy atom. The molecule has 13 heavy (non-hydrogen) atoms. The lowest BCUT2D eigenvalue weighted by Crippen LogP contribution is -1.98. The van der Waals surface area contributed by atoms with Gasteiger partial charge in [0.05, 0.1) is 5.52 Å². The summed E-state index contributed by atoms with van der Waals surface area (Å²) in [7, 11) is 1.77. The highest BCUT2D eigenvalue weighted by Gasteiger charge is 1.98. The Bertz CT molecular complexity index is 439. The third-order valence-corrected chi connectivity index (χ3v) is 1.83. The van der Waals surface area contributed by atoms with Crippen LogP contribution < -0.4 is 5.32 Å². The van der Waals surface area contributed by atoms with E-state index in [1.165, 1.54) is 5.56 Å². The van der Waals surface area contributed by atoms with Crippen LogP contribution in [0, 0.1) is 6.92 Å². The van der Waals surface area contributed by atoms with E-state index in [-0.39, 0.29) is 0 Å². The minimum absolute atomic E-state index is 0.552. The van der Waals surface area contributed by atoms with Gasteiger partial charge in [0.2, 0.25) is 5.95 Å². The summed E-state index contributed by atoms with van der Waals surface area (Å²) in [4.78, 5) is 4.25. The van der Waals surface area contributed by atoms with E-state index in [0.717, 1.165) is 11.0 Å². The fourth-order valence-electron chi connectivity index (χ4n) is 1.15. The number of nitrogens with zero attached hydrogens (tertiary/aromatic N) is 3. The maximum atomic E-state index is 4.25. The monoisotopic (exact) mass is 174 g/mol. The van der Waals surface area contributed by atoms with Gasteiger partial charge in [0.1, 0.15) is 5.52 Å². The molecule has 0 amide bonds. The Labute approximate surface area is 76.0 Å². The van der Waals surface area contributed by atoms with Crippen molar-refractivity contribution in [2.24, 2.45) is 0 Å². The van der Waals surface area contributed by atoms with E-state index in [1.54, 1.807) is 7.05 Å². The first-order valence-electron chi connectivity index (χ1n) is 4.08. The van der Waals surface area contributed by atoms with Gasteiger partial charge in [0, 0.05) is 7.05 Å². The van der Waals surface area contributed by atoms with Crippen LogP contribution in [0.4, 0.5) is 5.95 Å². The van der Waals surface area contributed by atoms with Crippen LogP contribution >= 0.6 is 0 Å². The second kappa shape index (κ2) is 2.97. The highest BCUT2D eigenvalue weighted by Crippen LogP contribution is 2.11. The molecule has 1 aromatic carbocycles. The van der Waals surface area contributed by atoms with E-state index in [4.69, 9.17) is 0 Å². The number of fused-ring (bicyclic) bond motifs is 1. The first-order valence-corrected chi connectivity index (χ1v) is 4.08. The molecule has 0 spiro atoms. The first-order chi connectivity index (χ1) is 6.29. The summed E-state index contributed by atoms with van der Waals surface area (Å²) in [6.45, 7) is 2.02. The average molecular weight is 174 g/mol. The predicted octanol–water partition coefficient (Wildman–Crippen LogP) is 1.37. The fourth-order valence-corrected chi connectivity index (χ4v) is 1.15. The molecule has 0 unspecified atom stereocenters. The Morgan fingerprint density at radius 3 is 2.77 bits per heavy atom. The Hall–Kier alpha value is -1.71. The van der Waals surface area contributed by atoms with Crippen LogP contribution in [0.2, 0.25) is 0 Å². The van der Waals surface area contributed by atoms with Crippen LogP contribution in [0.5, 0.6) is 0 Å². The molecule has 4 heteroatoms. The average Bonchev–Trinajstić information content (AvgIpc) is 2.17. The number of nitrogens with one attached hydrogen (secondary N) is 1. The van der Waals surface area contributed by atoms with Gasteiger partial charge in [-0.3, -0.25) is 0 Å². The van der Waals surface area contributed by atoms with Gasteiger partial charge >= 0.3 is 0 Å². The SMILES string of the molecule is CNc1nnc2cc(C)ccc2n1. The molecule has 0 aliphatic carbocycles. The number of rotatable bonds is 1. The zero-order chi connectivity index (χ0) is 9.26. The van der Waals surface area contributed by atoms with Crippen molar-refractivity contribution in [2.75, 3.05) is 12.4 Å². The molecule has 0 saturated heterocycles. The zero-order valence-corrected chi connectivity index (χ0v) is 7.57. The summed E-state index contributed by atoms with van der Waals surface area (Å²) in [5, 5.41) is 10.8. The van der Waals surface area contributed by atoms with Gasteiger partial charge in [-0.05, 0) is 24.6 Å². The minimum atomic E-state index is 0.552. The Morgan fingerprint density at radius 2 is 2.00 bits per heavy atom. The summed E-state index contributed by atoms with van der Waals surface area (Å²) in [6, 6.07) is 5.92. The van der Waals surface area contributed by atoms with Crippen molar-refractivity contribution in [1.82, 2.24) is 15.2 Å². The van der Waals surface area contributed by atoms with Crippen LogP contribution in [-0.2, 0) is 0 Å². The maximum absolute atomic E-state index is 4.25. The molecule has 2 rings (SSSR count). The van der Waals surface area contributed by atoms with Crippen LogP contribution in [0.1, 0.15) is 5.56 Å². The van der Waals surface area contributed by atoms with Gasteiger partial charge in [-0.2, -0.15) is 0 Å². The van der Waals surface area contributed by atoms with Gasteiger partial charge < -0.3 is 5.32 Å². The summed E-state index contributed by atoms with van der Waals surface area (Å²) in [5.41, 5.74) is 2.87. The highest BCUT2D eigenvalue weighted by molar-refractivity contribution is 5.75. The Balaban J connectivity index is 2.66. The van der Waals surface area contributed by atoms with E-state index in [9.17, 15) is 0 Å². The molecule has 0 aliphatic rings. The molecule has 0 radical (unpaired) electrons. The van der Waals surface area contributed by atoms with Crippen molar-refractivity contribution >= 4 is 17.0 Å². The van der Waals surface area contributed by atoms with Crippen LogP contribution in [0.3, 0.4) is 0 Å². The smallest absolute Gasteiger partial charge is 0.243 e. The summed E-state index contributed by atoms with van der Waals surface area (Å²) in [6.07, 6.45) is 0. The zero-order valence-electron chi connectivity index (χ0n) is 7.57. The van der Waals surface area contributed by atoms with E-state index in [1.807, 2.05) is 25.1 Å². The molecular weight excluding hydrogens is 164 g/mol. The third kappa shape index (κ3) is 1.42. The van der Waals surface area contributed by atoms with E-state index in [2.05, 4.69) is 20.5 Å². The van der Waals surface area contributed by atoms with Crippen LogP contribution in [-0.4, -0.2) is 22.2 Å². The molecule has 0 fully saturated rings. The molecule has 66 valence electrons. The van der Waals surface area contributed by atoms with Gasteiger partial charge in [-0.15, -0.1) is 10.2 Å². The molecule has 0 bridgehead atoms. The second-order valence-corrected chi connectivity index (χ2v) is 2.88. The van der Waals surface area contributed by atoms with Gasteiger partial charge in [0.25, 0.3) is 0 Å². The largest absolute Gasteiger partial charge is 0.356 e. The molecule has 1 heterocycles. The van der Waals surface area contributed by atoms with Crippen molar-refractivity contribution in [2.45, 2.75) is 6.92 Å². The molecule has 1 aromatic heterocycles. The lowest BCUT2D eigenvalue weighted by Gasteiger charge is -1.99. The van der Waals surface area contributed by atoms with Crippen molar-refractivity contribution in [1.29, 1.82) is 0 Å². The summed E-state index contributed by atoms with van der Waals surface area (Å²) >= 11 is 0. The maximum Gasteiger partial charge on any atom is 0.243 e. The summed E-state index contributed by atoms with van der Waals surface area (Å²) in [5.74, 6) is 0.552. The lowest BCUT2D eigenvalue weighted by atomic mass is 10.2. The standard InChI is InChI=1S/C9H10N4/c1-6-3-4-7-8(5-6)12-13-9(10-2)11-7/h3-5H,1-2H3,(H,10,11,13). The number of benzene rings is 1. The molecule has 0 saturated carbocycles. The molecule has 0 aliphatic heterocycles. The number of hydrogen-bond donors (Lipinski definition) is 1. The third-order valence-electron chi connectivity index (χ3n) is 1.83. The number of anilines is 1. The summed E-state index contributed by atoms with van der Waals surface area (Å²) < 4.78 is 0. The molecule has 4 nitrogen and oxygen atoms in total. The van der Waals surface area contributed by atoms with Crippen molar-refractivity contribution in [3.05, 3.63) is 23.8 Å². The second-order valence-electron chi connectivity index (χ2n) is 2.88. The van der Waals surface area contributed by atoms with Crippen LogP contribution in [0.15, 0.2) is 18.2 Å². The molecule has 2 aromatic rings. The van der Waals surface area contributed by atoms with Gasteiger partial charge in [-0.25, -0.2) is 4.98 Å². The predicted molar refractivity (Wildman–Crippen MR) is 51.6 cm³/mol. The van der Waals surface area contributed by atoms with Crippen molar-refractivity contribution in [3.63, 3.8) is 0 Å². The highest BCUT2D eigenvalue weighted by atomic mass is 15.2. The fraction of sp³-hybridized carbons (Fsp3) is 0.222. The lowest BCUT2D eigenvalue weighted by molar-refractivity contribution is 1.02. The van der Waals surface area contributed by atoms with E-state index < -0.39 is 0 Å². The number of hydrogen-bond acceptors (Lipinski definition) is 4.